The second-order valence-corrected chi connectivity index (χ2v) is 5.52. The molecule has 2 nitrogen and oxygen atoms in total. The van der Waals surface area contributed by atoms with Gasteiger partial charge in [0.1, 0.15) is 0 Å². The minimum atomic E-state index is -0.179. The van der Waals surface area contributed by atoms with Crippen LogP contribution in [0.2, 0.25) is 5.02 Å². The topological polar surface area (TPSA) is 33.1 Å². The van der Waals surface area contributed by atoms with Crippen molar-refractivity contribution in [2.75, 3.05) is 0 Å². The van der Waals surface area contributed by atoms with Gasteiger partial charge in [-0.1, -0.05) is 24.4 Å². The summed E-state index contributed by atoms with van der Waals surface area (Å²) >= 11 is 7.42. The van der Waals surface area contributed by atoms with Gasteiger partial charge in [-0.3, -0.25) is 0 Å². The molecule has 1 aromatic rings. The standard InChI is InChI=1S/C11H14ClNOS/c12-8-5-6-11(13-7-8)15-10-4-2-1-3-9(10)14/h5-7,9-10,14H,1-4H2. The molecule has 0 radical (unpaired) electrons. The summed E-state index contributed by atoms with van der Waals surface area (Å²) in [6, 6.07) is 3.75. The van der Waals surface area contributed by atoms with Crippen LogP contribution in [0.25, 0.3) is 0 Å². The van der Waals surface area contributed by atoms with Gasteiger partial charge in [-0.2, -0.15) is 0 Å². The van der Waals surface area contributed by atoms with E-state index in [1.165, 1.54) is 6.42 Å². The van der Waals surface area contributed by atoms with E-state index in [4.69, 9.17) is 11.6 Å². The highest BCUT2D eigenvalue weighted by atomic mass is 35.5. The number of pyridine rings is 1. The molecule has 4 heteroatoms. The molecule has 1 N–H and O–H groups in total. The quantitative estimate of drug-likeness (QED) is 0.867. The van der Waals surface area contributed by atoms with Crippen molar-refractivity contribution in [3.8, 4) is 0 Å². The van der Waals surface area contributed by atoms with E-state index in [1.54, 1.807) is 18.0 Å². The SMILES string of the molecule is OC1CCCCC1Sc1ccc(Cl)cn1. The van der Waals surface area contributed by atoms with Crippen molar-refractivity contribution in [1.82, 2.24) is 4.98 Å². The van der Waals surface area contributed by atoms with Gasteiger partial charge < -0.3 is 5.11 Å². The summed E-state index contributed by atoms with van der Waals surface area (Å²) in [4.78, 5) is 4.23. The lowest BCUT2D eigenvalue weighted by atomic mass is 9.97. The normalized spacial score (nSPS) is 26.5. The number of aliphatic hydroxyl groups excluding tert-OH is 1. The average molecular weight is 244 g/mol. The van der Waals surface area contributed by atoms with E-state index in [-0.39, 0.29) is 6.10 Å². The first-order chi connectivity index (χ1) is 7.25. The first-order valence-electron chi connectivity index (χ1n) is 5.22. The largest absolute Gasteiger partial charge is 0.392 e. The van der Waals surface area contributed by atoms with Gasteiger partial charge in [0.05, 0.1) is 16.2 Å². The van der Waals surface area contributed by atoms with Crippen molar-refractivity contribution in [1.29, 1.82) is 0 Å². The van der Waals surface area contributed by atoms with Crippen molar-refractivity contribution in [3.05, 3.63) is 23.4 Å². The van der Waals surface area contributed by atoms with Crippen LogP contribution in [0, 0.1) is 0 Å². The van der Waals surface area contributed by atoms with E-state index in [0.29, 0.717) is 10.3 Å². The third kappa shape index (κ3) is 3.10. The molecule has 1 aromatic heterocycles. The van der Waals surface area contributed by atoms with Crippen LogP contribution in [0.1, 0.15) is 25.7 Å². The van der Waals surface area contributed by atoms with Crippen molar-refractivity contribution in [3.63, 3.8) is 0 Å². The lowest BCUT2D eigenvalue weighted by molar-refractivity contribution is 0.137. The van der Waals surface area contributed by atoms with Crippen LogP contribution in [-0.4, -0.2) is 21.4 Å². The summed E-state index contributed by atoms with van der Waals surface area (Å²) in [5.41, 5.74) is 0. The van der Waals surface area contributed by atoms with Gasteiger partial charge in [0.25, 0.3) is 0 Å². The maximum atomic E-state index is 9.81. The molecular formula is C11H14ClNOS. The average Bonchev–Trinajstić information content (AvgIpc) is 2.25. The zero-order valence-corrected chi connectivity index (χ0v) is 9.97. The molecule has 2 rings (SSSR count). The number of hydrogen-bond acceptors (Lipinski definition) is 3. The van der Waals surface area contributed by atoms with Gasteiger partial charge >= 0.3 is 0 Å². The summed E-state index contributed by atoms with van der Waals surface area (Å²) in [6.07, 6.45) is 5.83. The third-order valence-corrected chi connectivity index (χ3v) is 4.20. The van der Waals surface area contributed by atoms with Crippen molar-refractivity contribution >= 4 is 23.4 Å². The molecule has 1 heterocycles. The zero-order chi connectivity index (χ0) is 10.7. The van der Waals surface area contributed by atoms with Crippen molar-refractivity contribution in [2.45, 2.75) is 42.1 Å². The van der Waals surface area contributed by atoms with Gasteiger partial charge in [-0.15, -0.1) is 11.8 Å². The third-order valence-electron chi connectivity index (χ3n) is 2.64. The van der Waals surface area contributed by atoms with Gasteiger partial charge in [-0.25, -0.2) is 4.98 Å². The number of nitrogens with zero attached hydrogens (tertiary/aromatic N) is 1. The molecule has 2 unspecified atom stereocenters. The first-order valence-corrected chi connectivity index (χ1v) is 6.48. The Morgan fingerprint density at radius 1 is 1.33 bits per heavy atom. The fraction of sp³-hybridized carbons (Fsp3) is 0.545. The highest BCUT2D eigenvalue weighted by molar-refractivity contribution is 7.99. The molecule has 82 valence electrons. The van der Waals surface area contributed by atoms with E-state index in [9.17, 15) is 5.11 Å². The van der Waals surface area contributed by atoms with E-state index in [0.717, 1.165) is 24.3 Å². The lowest BCUT2D eigenvalue weighted by Gasteiger charge is -2.26. The summed E-state index contributed by atoms with van der Waals surface area (Å²) < 4.78 is 0. The minimum Gasteiger partial charge on any atom is -0.392 e. The Hall–Kier alpha value is -0.250. The number of aliphatic hydroxyl groups is 1. The maximum Gasteiger partial charge on any atom is 0.0964 e. The number of thioether (sulfide) groups is 1. The van der Waals surface area contributed by atoms with Crippen LogP contribution in [0.3, 0.4) is 0 Å². The summed E-state index contributed by atoms with van der Waals surface area (Å²) in [5.74, 6) is 0. The Morgan fingerprint density at radius 2 is 2.13 bits per heavy atom. The molecule has 0 amide bonds. The number of rotatable bonds is 2. The highest BCUT2D eigenvalue weighted by Crippen LogP contribution is 2.33. The van der Waals surface area contributed by atoms with Crippen molar-refractivity contribution < 1.29 is 5.11 Å². The van der Waals surface area contributed by atoms with Crippen LogP contribution in [0.5, 0.6) is 0 Å². The fourth-order valence-electron chi connectivity index (χ4n) is 1.80. The van der Waals surface area contributed by atoms with Gasteiger partial charge in [0.15, 0.2) is 0 Å². The summed E-state index contributed by atoms with van der Waals surface area (Å²) in [7, 11) is 0. The van der Waals surface area contributed by atoms with E-state index in [2.05, 4.69) is 4.98 Å². The van der Waals surface area contributed by atoms with E-state index in [1.807, 2.05) is 12.1 Å². The molecule has 1 fully saturated rings. The molecular weight excluding hydrogens is 230 g/mol. The van der Waals surface area contributed by atoms with Crippen LogP contribution in [-0.2, 0) is 0 Å². The first kappa shape index (κ1) is 11.2. The monoisotopic (exact) mass is 243 g/mol. The molecule has 2 atom stereocenters. The fourth-order valence-corrected chi connectivity index (χ4v) is 3.06. The Labute approximate surface area is 99.1 Å². The van der Waals surface area contributed by atoms with Gasteiger partial charge in [0.2, 0.25) is 0 Å². The Bertz CT molecular complexity index is 317. The smallest absolute Gasteiger partial charge is 0.0964 e. The predicted octanol–water partition coefficient (Wildman–Crippen LogP) is 3.13. The molecule has 1 aliphatic carbocycles. The number of aromatic nitrogens is 1. The lowest BCUT2D eigenvalue weighted by Crippen LogP contribution is -2.26. The Morgan fingerprint density at radius 3 is 2.80 bits per heavy atom. The summed E-state index contributed by atoms with van der Waals surface area (Å²) in [6.45, 7) is 0. The molecule has 1 aliphatic rings. The summed E-state index contributed by atoms with van der Waals surface area (Å²) in [5, 5.41) is 11.7. The van der Waals surface area contributed by atoms with E-state index >= 15 is 0 Å². The van der Waals surface area contributed by atoms with E-state index < -0.39 is 0 Å². The minimum absolute atomic E-state index is 0.179. The van der Waals surface area contributed by atoms with Crippen molar-refractivity contribution in [2.24, 2.45) is 0 Å². The van der Waals surface area contributed by atoms with Crippen LogP contribution >= 0.6 is 23.4 Å². The second-order valence-electron chi connectivity index (χ2n) is 3.82. The zero-order valence-electron chi connectivity index (χ0n) is 8.40. The maximum absolute atomic E-state index is 9.81. The molecule has 0 aromatic carbocycles. The Kier molecular flexibility index (Phi) is 3.89. The molecule has 0 saturated heterocycles. The molecule has 0 bridgehead atoms. The number of hydrogen-bond donors (Lipinski definition) is 1. The molecule has 0 aliphatic heterocycles. The van der Waals surface area contributed by atoms with Crippen LogP contribution in [0.15, 0.2) is 23.4 Å². The number of halogens is 1. The van der Waals surface area contributed by atoms with Crippen LogP contribution in [0.4, 0.5) is 0 Å². The predicted molar refractivity (Wildman–Crippen MR) is 63.4 cm³/mol. The second kappa shape index (κ2) is 5.19. The van der Waals surface area contributed by atoms with Gasteiger partial charge in [0, 0.05) is 11.4 Å². The Balaban J connectivity index is 1.98. The molecule has 0 spiro atoms. The molecule has 1 saturated carbocycles. The van der Waals surface area contributed by atoms with Gasteiger partial charge in [-0.05, 0) is 25.0 Å². The molecule has 15 heavy (non-hydrogen) atoms. The highest BCUT2D eigenvalue weighted by Gasteiger charge is 2.24. The van der Waals surface area contributed by atoms with Crippen LogP contribution < -0.4 is 0 Å².